The van der Waals surface area contributed by atoms with Crippen LogP contribution in [-0.4, -0.2) is 11.1 Å². The highest BCUT2D eigenvalue weighted by Crippen LogP contribution is 2.46. The monoisotopic (exact) mass is 315 g/mol. The van der Waals surface area contributed by atoms with E-state index in [0.29, 0.717) is 10.6 Å². The van der Waals surface area contributed by atoms with Crippen LogP contribution >= 0.6 is 11.6 Å². The summed E-state index contributed by atoms with van der Waals surface area (Å²) in [5, 5.41) is 13.4. The van der Waals surface area contributed by atoms with E-state index in [1.54, 1.807) is 12.1 Å². The lowest BCUT2D eigenvalue weighted by atomic mass is 9.86. The Bertz CT molecular complexity index is 740. The molecule has 1 atom stereocenters. The summed E-state index contributed by atoms with van der Waals surface area (Å²) >= 11 is 6.23. The minimum absolute atomic E-state index is 0.00525. The van der Waals surface area contributed by atoms with E-state index >= 15 is 0 Å². The van der Waals surface area contributed by atoms with E-state index in [4.69, 9.17) is 11.6 Å². The van der Waals surface area contributed by atoms with Crippen LogP contribution in [0, 0.1) is 0 Å². The van der Waals surface area contributed by atoms with E-state index in [2.05, 4.69) is 19.2 Å². The molecule has 22 heavy (non-hydrogen) atoms. The fourth-order valence-electron chi connectivity index (χ4n) is 3.23. The first-order valence-electron chi connectivity index (χ1n) is 7.27. The molecular weight excluding hydrogens is 298 g/mol. The van der Waals surface area contributed by atoms with Gasteiger partial charge in [-0.25, -0.2) is 4.79 Å². The molecule has 114 valence electrons. The molecule has 0 spiro atoms. The number of halogens is 1. The lowest BCUT2D eigenvalue weighted by Gasteiger charge is -2.20. The Morgan fingerprint density at radius 2 is 2.00 bits per heavy atom. The van der Waals surface area contributed by atoms with Crippen molar-refractivity contribution in [3.8, 4) is 0 Å². The van der Waals surface area contributed by atoms with Gasteiger partial charge < -0.3 is 10.4 Å². The zero-order valence-corrected chi connectivity index (χ0v) is 13.3. The van der Waals surface area contributed by atoms with Crippen molar-refractivity contribution in [2.45, 2.75) is 31.7 Å². The quantitative estimate of drug-likeness (QED) is 0.849. The third-order valence-corrected chi connectivity index (χ3v) is 4.65. The number of fused-ring (bicyclic) bond motifs is 1. The van der Waals surface area contributed by atoms with Crippen LogP contribution in [0.1, 0.15) is 47.8 Å². The van der Waals surface area contributed by atoms with Gasteiger partial charge in [-0.1, -0.05) is 43.6 Å². The highest BCUT2D eigenvalue weighted by Gasteiger charge is 2.37. The summed E-state index contributed by atoms with van der Waals surface area (Å²) in [5.74, 6) is -0.899. The van der Waals surface area contributed by atoms with Crippen LogP contribution in [0.25, 0.3) is 0 Å². The van der Waals surface area contributed by atoms with Gasteiger partial charge in [0.05, 0.1) is 22.3 Å². The summed E-state index contributed by atoms with van der Waals surface area (Å²) in [4.78, 5) is 11.2. The molecular formula is C18H18ClNO2. The highest BCUT2D eigenvalue weighted by atomic mass is 35.5. The molecule has 0 saturated heterocycles. The fraction of sp³-hybridized carbons (Fsp3) is 0.278. The van der Waals surface area contributed by atoms with Gasteiger partial charge in [-0.3, -0.25) is 0 Å². The van der Waals surface area contributed by atoms with E-state index in [-0.39, 0.29) is 11.5 Å². The second-order valence-corrected chi connectivity index (χ2v) is 6.78. The number of anilines is 1. The van der Waals surface area contributed by atoms with Crippen molar-refractivity contribution in [3.63, 3.8) is 0 Å². The van der Waals surface area contributed by atoms with Gasteiger partial charge in [0.2, 0.25) is 0 Å². The van der Waals surface area contributed by atoms with Crippen LogP contribution in [0.5, 0.6) is 0 Å². The first-order chi connectivity index (χ1) is 10.4. The molecule has 2 aromatic rings. The van der Waals surface area contributed by atoms with Gasteiger partial charge in [0.25, 0.3) is 0 Å². The number of rotatable bonds is 3. The second kappa shape index (κ2) is 5.33. The molecule has 2 N–H and O–H groups in total. The van der Waals surface area contributed by atoms with Gasteiger partial charge in [0, 0.05) is 0 Å². The zero-order valence-electron chi connectivity index (χ0n) is 12.6. The predicted octanol–water partition coefficient (Wildman–Crippen LogP) is 4.87. The van der Waals surface area contributed by atoms with Gasteiger partial charge in [0.15, 0.2) is 0 Å². The molecule has 3 nitrogen and oxygen atoms in total. The average molecular weight is 316 g/mol. The molecule has 0 heterocycles. The number of hydrogen-bond donors (Lipinski definition) is 2. The van der Waals surface area contributed by atoms with Crippen LogP contribution in [0.2, 0.25) is 5.02 Å². The van der Waals surface area contributed by atoms with Crippen molar-refractivity contribution in [3.05, 3.63) is 64.2 Å². The molecule has 2 aromatic carbocycles. The number of aromatic carboxylic acids is 1. The number of carboxylic acids is 1. The van der Waals surface area contributed by atoms with Crippen molar-refractivity contribution in [1.82, 2.24) is 0 Å². The van der Waals surface area contributed by atoms with Crippen molar-refractivity contribution in [2.24, 2.45) is 0 Å². The van der Waals surface area contributed by atoms with E-state index in [0.717, 1.165) is 17.7 Å². The minimum atomic E-state index is -0.899. The van der Waals surface area contributed by atoms with Crippen molar-refractivity contribution < 1.29 is 9.90 Å². The molecule has 3 rings (SSSR count). The van der Waals surface area contributed by atoms with E-state index in [1.165, 1.54) is 5.56 Å². The fourth-order valence-corrected chi connectivity index (χ4v) is 3.42. The van der Waals surface area contributed by atoms with Gasteiger partial charge in [0.1, 0.15) is 0 Å². The predicted molar refractivity (Wildman–Crippen MR) is 88.9 cm³/mol. The Balaban J connectivity index is 2.00. The van der Waals surface area contributed by atoms with E-state index < -0.39 is 5.97 Å². The maximum atomic E-state index is 11.2. The summed E-state index contributed by atoms with van der Waals surface area (Å²) in [6, 6.07) is 13.1. The Morgan fingerprint density at radius 1 is 1.27 bits per heavy atom. The topological polar surface area (TPSA) is 49.3 Å². The molecule has 0 aromatic heterocycles. The first-order valence-corrected chi connectivity index (χ1v) is 7.65. The number of hydrogen-bond acceptors (Lipinski definition) is 2. The molecule has 0 bridgehead atoms. The molecule has 0 amide bonds. The number of carboxylic acid groups (broad SMARTS) is 1. The van der Waals surface area contributed by atoms with E-state index in [9.17, 15) is 9.90 Å². The summed E-state index contributed by atoms with van der Waals surface area (Å²) in [6.07, 6.45) is 0.899. The number of benzene rings is 2. The SMILES string of the molecule is CC1(C)CC(Nc2ccccc2Cl)c2cc(C(=O)O)ccc21. The summed E-state index contributed by atoms with van der Waals surface area (Å²) in [7, 11) is 0. The Hall–Kier alpha value is -2.00. The summed E-state index contributed by atoms with van der Waals surface area (Å²) in [5.41, 5.74) is 3.44. The standard InChI is InChI=1S/C18H18ClNO2/c1-18(2)10-16(20-15-6-4-3-5-14(15)19)12-9-11(17(21)22)7-8-13(12)18/h3-9,16,20H,10H2,1-2H3,(H,21,22). The molecule has 1 aliphatic rings. The molecule has 0 aliphatic heterocycles. The largest absolute Gasteiger partial charge is 0.478 e. The molecule has 0 fully saturated rings. The van der Waals surface area contributed by atoms with Gasteiger partial charge >= 0.3 is 5.97 Å². The highest BCUT2D eigenvalue weighted by molar-refractivity contribution is 6.33. The lowest BCUT2D eigenvalue weighted by molar-refractivity contribution is 0.0696. The number of para-hydroxylation sites is 1. The Kier molecular flexibility index (Phi) is 3.61. The molecule has 1 unspecified atom stereocenters. The van der Waals surface area contributed by atoms with Gasteiger partial charge in [-0.05, 0) is 47.2 Å². The summed E-state index contributed by atoms with van der Waals surface area (Å²) in [6.45, 7) is 4.36. The van der Waals surface area contributed by atoms with Gasteiger partial charge in [-0.15, -0.1) is 0 Å². The van der Waals surface area contributed by atoms with Crippen LogP contribution in [0.3, 0.4) is 0 Å². The third kappa shape index (κ3) is 2.57. The van der Waals surface area contributed by atoms with Crippen LogP contribution < -0.4 is 5.32 Å². The van der Waals surface area contributed by atoms with Crippen molar-refractivity contribution in [1.29, 1.82) is 0 Å². The van der Waals surface area contributed by atoms with Crippen molar-refractivity contribution in [2.75, 3.05) is 5.32 Å². The van der Waals surface area contributed by atoms with Crippen LogP contribution in [0.15, 0.2) is 42.5 Å². The maximum absolute atomic E-state index is 11.2. The van der Waals surface area contributed by atoms with Crippen LogP contribution in [-0.2, 0) is 5.41 Å². The third-order valence-electron chi connectivity index (χ3n) is 4.32. The molecule has 0 radical (unpaired) electrons. The molecule has 1 aliphatic carbocycles. The van der Waals surface area contributed by atoms with E-state index in [1.807, 2.05) is 30.3 Å². The molecule has 0 saturated carbocycles. The maximum Gasteiger partial charge on any atom is 0.335 e. The smallest absolute Gasteiger partial charge is 0.335 e. The number of carbonyl (C=O) groups is 1. The molecule has 4 heteroatoms. The van der Waals surface area contributed by atoms with Crippen LogP contribution in [0.4, 0.5) is 5.69 Å². The minimum Gasteiger partial charge on any atom is -0.478 e. The first kappa shape index (κ1) is 14.9. The Morgan fingerprint density at radius 3 is 2.68 bits per heavy atom. The van der Waals surface area contributed by atoms with Gasteiger partial charge in [-0.2, -0.15) is 0 Å². The Labute approximate surface area is 134 Å². The average Bonchev–Trinajstić information content (AvgIpc) is 2.72. The summed E-state index contributed by atoms with van der Waals surface area (Å²) < 4.78 is 0. The lowest BCUT2D eigenvalue weighted by Crippen LogP contribution is -2.14. The number of nitrogens with one attached hydrogen (secondary N) is 1. The second-order valence-electron chi connectivity index (χ2n) is 6.37. The van der Waals surface area contributed by atoms with Crippen molar-refractivity contribution >= 4 is 23.3 Å². The normalized spacial score (nSPS) is 18.8. The zero-order chi connectivity index (χ0) is 15.9.